The SMILES string of the molecule is CCN(CC)S(=O)(=O)c1ccc(OCCNC(C)C)cc1. The van der Waals surface area contributed by atoms with Gasteiger partial charge in [0.05, 0.1) is 4.90 Å². The summed E-state index contributed by atoms with van der Waals surface area (Å²) in [5, 5.41) is 3.25. The molecule has 0 heterocycles. The topological polar surface area (TPSA) is 58.6 Å². The summed E-state index contributed by atoms with van der Waals surface area (Å²) in [7, 11) is -3.39. The molecule has 1 aromatic rings. The third-order valence-electron chi connectivity index (χ3n) is 3.09. The predicted molar refractivity (Wildman–Crippen MR) is 85.2 cm³/mol. The number of nitrogens with one attached hydrogen (secondary N) is 1. The molecule has 0 aliphatic carbocycles. The molecule has 1 rings (SSSR count). The van der Waals surface area contributed by atoms with Gasteiger partial charge in [-0.05, 0) is 24.3 Å². The molecule has 0 aromatic heterocycles. The molecular formula is C15H26N2O3S. The van der Waals surface area contributed by atoms with Crippen LogP contribution in [0.1, 0.15) is 27.7 Å². The van der Waals surface area contributed by atoms with Gasteiger partial charge in [-0.2, -0.15) is 4.31 Å². The summed E-state index contributed by atoms with van der Waals surface area (Å²) in [6, 6.07) is 7.02. The highest BCUT2D eigenvalue weighted by molar-refractivity contribution is 7.89. The van der Waals surface area contributed by atoms with E-state index >= 15 is 0 Å². The van der Waals surface area contributed by atoms with Crippen LogP contribution in [0, 0.1) is 0 Å². The summed E-state index contributed by atoms with van der Waals surface area (Å²) < 4.78 is 31.6. The van der Waals surface area contributed by atoms with Crippen LogP contribution in [-0.4, -0.2) is 45.0 Å². The average molecular weight is 314 g/mol. The average Bonchev–Trinajstić information content (AvgIpc) is 2.45. The fourth-order valence-electron chi connectivity index (χ4n) is 1.94. The van der Waals surface area contributed by atoms with Crippen molar-refractivity contribution < 1.29 is 13.2 Å². The molecular weight excluding hydrogens is 288 g/mol. The van der Waals surface area contributed by atoms with Crippen LogP contribution < -0.4 is 10.1 Å². The molecule has 0 saturated heterocycles. The van der Waals surface area contributed by atoms with Gasteiger partial charge in [0.1, 0.15) is 12.4 Å². The summed E-state index contributed by atoms with van der Waals surface area (Å²) in [5.41, 5.74) is 0. The Morgan fingerprint density at radius 1 is 1.14 bits per heavy atom. The summed E-state index contributed by atoms with van der Waals surface area (Å²) in [5.74, 6) is 0.680. The zero-order valence-electron chi connectivity index (χ0n) is 13.3. The van der Waals surface area contributed by atoms with Gasteiger partial charge in [-0.25, -0.2) is 8.42 Å². The molecule has 0 amide bonds. The van der Waals surface area contributed by atoms with Crippen molar-refractivity contribution >= 4 is 10.0 Å². The molecule has 21 heavy (non-hydrogen) atoms. The monoisotopic (exact) mass is 314 g/mol. The maximum absolute atomic E-state index is 12.3. The van der Waals surface area contributed by atoms with Crippen molar-refractivity contribution in [3.05, 3.63) is 24.3 Å². The quantitative estimate of drug-likeness (QED) is 0.709. The van der Waals surface area contributed by atoms with E-state index < -0.39 is 10.0 Å². The standard InChI is InChI=1S/C15H26N2O3S/c1-5-17(6-2)21(18,19)15-9-7-14(8-10-15)20-12-11-16-13(3)4/h7-10,13,16H,5-6,11-12H2,1-4H3. The molecule has 0 spiro atoms. The van der Waals surface area contributed by atoms with E-state index in [0.29, 0.717) is 36.4 Å². The molecule has 0 aliphatic rings. The van der Waals surface area contributed by atoms with Gasteiger partial charge in [0.15, 0.2) is 0 Å². The minimum absolute atomic E-state index is 0.304. The van der Waals surface area contributed by atoms with Gasteiger partial charge in [0.2, 0.25) is 10.0 Å². The molecule has 1 N–H and O–H groups in total. The van der Waals surface area contributed by atoms with Gasteiger partial charge in [-0.15, -0.1) is 0 Å². The van der Waals surface area contributed by atoms with Crippen LogP contribution in [-0.2, 0) is 10.0 Å². The summed E-state index contributed by atoms with van der Waals surface area (Å²) in [6.45, 7) is 10.1. The maximum Gasteiger partial charge on any atom is 0.243 e. The summed E-state index contributed by atoms with van der Waals surface area (Å²) in [4.78, 5) is 0.304. The lowest BCUT2D eigenvalue weighted by Crippen LogP contribution is -2.30. The predicted octanol–water partition coefficient (Wildman–Crippen LogP) is 2.09. The van der Waals surface area contributed by atoms with E-state index in [1.165, 1.54) is 4.31 Å². The Balaban J connectivity index is 2.65. The maximum atomic E-state index is 12.3. The Morgan fingerprint density at radius 2 is 1.71 bits per heavy atom. The van der Waals surface area contributed by atoms with Crippen molar-refractivity contribution in [3.63, 3.8) is 0 Å². The van der Waals surface area contributed by atoms with Crippen molar-refractivity contribution in [3.8, 4) is 5.75 Å². The van der Waals surface area contributed by atoms with Gasteiger partial charge in [0, 0.05) is 25.7 Å². The largest absolute Gasteiger partial charge is 0.492 e. The highest BCUT2D eigenvalue weighted by Gasteiger charge is 2.21. The Hall–Kier alpha value is -1.11. The molecule has 120 valence electrons. The van der Waals surface area contributed by atoms with Gasteiger partial charge in [-0.1, -0.05) is 27.7 Å². The van der Waals surface area contributed by atoms with E-state index in [2.05, 4.69) is 19.2 Å². The molecule has 0 bridgehead atoms. The molecule has 6 heteroatoms. The lowest BCUT2D eigenvalue weighted by atomic mass is 10.3. The second kappa shape index (κ2) is 8.36. The van der Waals surface area contributed by atoms with Gasteiger partial charge in [-0.3, -0.25) is 0 Å². The van der Waals surface area contributed by atoms with Crippen molar-refractivity contribution in [2.45, 2.75) is 38.6 Å². The Bertz CT molecular complexity index is 508. The van der Waals surface area contributed by atoms with E-state index in [4.69, 9.17) is 4.74 Å². The van der Waals surface area contributed by atoms with E-state index in [9.17, 15) is 8.42 Å². The smallest absolute Gasteiger partial charge is 0.243 e. The van der Waals surface area contributed by atoms with Crippen LogP contribution in [0.25, 0.3) is 0 Å². The van der Waals surface area contributed by atoms with E-state index in [0.717, 1.165) is 6.54 Å². The number of sulfonamides is 1. The normalized spacial score (nSPS) is 12.1. The highest BCUT2D eigenvalue weighted by atomic mass is 32.2. The third-order valence-corrected chi connectivity index (χ3v) is 5.15. The number of rotatable bonds is 9. The van der Waals surface area contributed by atoms with Gasteiger partial charge < -0.3 is 10.1 Å². The van der Waals surface area contributed by atoms with E-state index in [1.807, 2.05) is 13.8 Å². The van der Waals surface area contributed by atoms with E-state index in [1.54, 1.807) is 24.3 Å². The van der Waals surface area contributed by atoms with Crippen LogP contribution in [0.4, 0.5) is 0 Å². The summed E-state index contributed by atoms with van der Waals surface area (Å²) in [6.07, 6.45) is 0. The molecule has 5 nitrogen and oxygen atoms in total. The van der Waals surface area contributed by atoms with Crippen LogP contribution in [0.15, 0.2) is 29.2 Å². The van der Waals surface area contributed by atoms with Gasteiger partial charge >= 0.3 is 0 Å². The second-order valence-electron chi connectivity index (χ2n) is 5.02. The molecule has 0 aliphatic heterocycles. The number of ether oxygens (including phenoxy) is 1. The zero-order valence-corrected chi connectivity index (χ0v) is 14.1. The van der Waals surface area contributed by atoms with Crippen molar-refractivity contribution in [1.82, 2.24) is 9.62 Å². The second-order valence-corrected chi connectivity index (χ2v) is 6.96. The minimum Gasteiger partial charge on any atom is -0.492 e. The Labute approximate surface area is 128 Å². The lowest BCUT2D eigenvalue weighted by Gasteiger charge is -2.18. The zero-order chi connectivity index (χ0) is 15.9. The van der Waals surface area contributed by atoms with Crippen LogP contribution in [0.3, 0.4) is 0 Å². The number of hydrogen-bond donors (Lipinski definition) is 1. The molecule has 0 radical (unpaired) electrons. The molecule has 0 unspecified atom stereocenters. The fourth-order valence-corrected chi connectivity index (χ4v) is 3.39. The minimum atomic E-state index is -3.39. The first-order valence-electron chi connectivity index (χ1n) is 7.38. The first-order chi connectivity index (χ1) is 9.91. The van der Waals surface area contributed by atoms with Gasteiger partial charge in [0.25, 0.3) is 0 Å². The highest BCUT2D eigenvalue weighted by Crippen LogP contribution is 2.19. The Morgan fingerprint density at radius 3 is 2.19 bits per heavy atom. The van der Waals surface area contributed by atoms with E-state index in [-0.39, 0.29) is 0 Å². The summed E-state index contributed by atoms with van der Waals surface area (Å²) >= 11 is 0. The van der Waals surface area contributed by atoms with Crippen molar-refractivity contribution in [2.75, 3.05) is 26.2 Å². The lowest BCUT2D eigenvalue weighted by molar-refractivity contribution is 0.308. The van der Waals surface area contributed by atoms with Crippen molar-refractivity contribution in [2.24, 2.45) is 0 Å². The molecule has 0 saturated carbocycles. The molecule has 0 fully saturated rings. The third kappa shape index (κ3) is 5.30. The van der Waals surface area contributed by atoms with Crippen LogP contribution >= 0.6 is 0 Å². The number of hydrogen-bond acceptors (Lipinski definition) is 4. The number of benzene rings is 1. The van der Waals surface area contributed by atoms with Crippen molar-refractivity contribution in [1.29, 1.82) is 0 Å². The first kappa shape index (κ1) is 17.9. The Kier molecular flexibility index (Phi) is 7.14. The van der Waals surface area contributed by atoms with Crippen LogP contribution in [0.2, 0.25) is 0 Å². The fraction of sp³-hybridized carbons (Fsp3) is 0.600. The van der Waals surface area contributed by atoms with Crippen LogP contribution in [0.5, 0.6) is 5.75 Å². The number of nitrogens with zero attached hydrogens (tertiary/aromatic N) is 1. The first-order valence-corrected chi connectivity index (χ1v) is 8.82. The molecule has 1 aromatic carbocycles. The molecule has 0 atom stereocenters.